The summed E-state index contributed by atoms with van der Waals surface area (Å²) < 4.78 is 42.0. The summed E-state index contributed by atoms with van der Waals surface area (Å²) in [7, 11) is 0. The van der Waals surface area contributed by atoms with E-state index in [9.17, 15) is 13.2 Å². The number of nitrogens with zero attached hydrogens (tertiary/aromatic N) is 4. The van der Waals surface area contributed by atoms with Crippen LogP contribution in [0.4, 0.5) is 13.2 Å². The zero-order valence-corrected chi connectivity index (χ0v) is 22.6. The van der Waals surface area contributed by atoms with Crippen molar-refractivity contribution < 1.29 is 13.2 Å². The Balaban J connectivity index is 0.00000156. The molecule has 2 aliphatic rings. The van der Waals surface area contributed by atoms with Crippen molar-refractivity contribution >= 4 is 17.4 Å². The van der Waals surface area contributed by atoms with Crippen LogP contribution in [0.5, 0.6) is 0 Å². The molecule has 0 radical (unpaired) electrons. The highest BCUT2D eigenvalue weighted by Gasteiger charge is 2.37. The first-order chi connectivity index (χ1) is 17.9. The van der Waals surface area contributed by atoms with E-state index in [1.54, 1.807) is 23.2 Å². The van der Waals surface area contributed by atoms with E-state index in [0.29, 0.717) is 16.1 Å². The highest BCUT2D eigenvalue weighted by atomic mass is 32.2. The van der Waals surface area contributed by atoms with Gasteiger partial charge in [-0.2, -0.15) is 18.3 Å². The summed E-state index contributed by atoms with van der Waals surface area (Å²) in [6.45, 7) is 7.51. The molecule has 0 spiro atoms. The molecule has 1 aromatic carbocycles. The summed E-state index contributed by atoms with van der Waals surface area (Å²) in [5.41, 5.74) is 4.09. The molecule has 1 unspecified atom stereocenters. The number of hydrogen-bond acceptors (Lipinski definition) is 4. The molecule has 37 heavy (non-hydrogen) atoms. The highest BCUT2D eigenvalue weighted by molar-refractivity contribution is 8.02. The van der Waals surface area contributed by atoms with Crippen molar-refractivity contribution in [2.45, 2.75) is 58.0 Å². The molecule has 198 valence electrons. The minimum atomic E-state index is -4.34. The van der Waals surface area contributed by atoms with Crippen molar-refractivity contribution in [3.05, 3.63) is 76.6 Å². The predicted molar refractivity (Wildman–Crippen MR) is 147 cm³/mol. The van der Waals surface area contributed by atoms with Gasteiger partial charge in [0.2, 0.25) is 0 Å². The van der Waals surface area contributed by atoms with Crippen molar-refractivity contribution in [3.8, 4) is 11.1 Å². The number of aromatic nitrogens is 3. The Morgan fingerprint density at radius 2 is 1.73 bits per heavy atom. The van der Waals surface area contributed by atoms with Gasteiger partial charge in [0.25, 0.3) is 0 Å². The Bertz CT molecular complexity index is 1240. The molecule has 1 atom stereocenters. The van der Waals surface area contributed by atoms with Gasteiger partial charge in [-0.15, -0.1) is 11.8 Å². The fraction of sp³-hybridized carbons (Fsp3) is 0.448. The van der Waals surface area contributed by atoms with Gasteiger partial charge in [-0.25, -0.2) is 9.50 Å². The number of rotatable bonds is 6. The number of benzene rings is 1. The van der Waals surface area contributed by atoms with Gasteiger partial charge >= 0.3 is 6.18 Å². The zero-order valence-electron chi connectivity index (χ0n) is 21.8. The van der Waals surface area contributed by atoms with Crippen LogP contribution in [0.2, 0.25) is 0 Å². The SMILES string of the molecule is CC.CSC1=CC(c2cnn3cc(-c4ccc(CCN5CCCCC5)cc4)cnc23)CC(C(F)(F)F)=C1. The van der Waals surface area contributed by atoms with Crippen LogP contribution in [0.3, 0.4) is 0 Å². The third-order valence-electron chi connectivity index (χ3n) is 6.96. The van der Waals surface area contributed by atoms with E-state index in [0.717, 1.165) is 24.1 Å². The van der Waals surface area contributed by atoms with E-state index in [2.05, 4.69) is 39.2 Å². The van der Waals surface area contributed by atoms with Gasteiger partial charge in [0, 0.05) is 46.5 Å². The van der Waals surface area contributed by atoms with Gasteiger partial charge in [-0.05, 0) is 62.2 Å². The summed E-state index contributed by atoms with van der Waals surface area (Å²) in [6.07, 6.45) is 10.8. The van der Waals surface area contributed by atoms with E-state index in [4.69, 9.17) is 0 Å². The topological polar surface area (TPSA) is 33.4 Å². The van der Waals surface area contributed by atoms with Gasteiger partial charge in [0.1, 0.15) is 0 Å². The predicted octanol–water partition coefficient (Wildman–Crippen LogP) is 7.67. The van der Waals surface area contributed by atoms with Gasteiger partial charge in [0.05, 0.1) is 6.20 Å². The molecule has 5 rings (SSSR count). The van der Waals surface area contributed by atoms with Crippen LogP contribution in [-0.4, -0.2) is 51.6 Å². The first kappa shape index (κ1) is 27.5. The van der Waals surface area contributed by atoms with Crippen molar-refractivity contribution in [1.29, 1.82) is 0 Å². The molecule has 8 heteroatoms. The monoisotopic (exact) mass is 528 g/mol. The summed E-state index contributed by atoms with van der Waals surface area (Å²) in [6, 6.07) is 8.54. The van der Waals surface area contributed by atoms with E-state index < -0.39 is 17.7 Å². The van der Waals surface area contributed by atoms with Gasteiger partial charge < -0.3 is 4.90 Å². The molecule has 1 fully saturated rings. The Morgan fingerprint density at radius 1 is 1.00 bits per heavy atom. The molecule has 0 N–H and O–H groups in total. The molecule has 1 aliphatic heterocycles. The fourth-order valence-electron chi connectivity index (χ4n) is 4.93. The van der Waals surface area contributed by atoms with Crippen LogP contribution in [-0.2, 0) is 6.42 Å². The number of allylic oxidation sites excluding steroid dienone is 3. The lowest BCUT2D eigenvalue weighted by Gasteiger charge is -2.26. The van der Waals surface area contributed by atoms with E-state index in [-0.39, 0.29) is 6.42 Å². The highest BCUT2D eigenvalue weighted by Crippen LogP contribution is 2.41. The van der Waals surface area contributed by atoms with E-state index in [1.807, 2.05) is 26.1 Å². The summed E-state index contributed by atoms with van der Waals surface area (Å²) in [5.74, 6) is -0.408. The van der Waals surface area contributed by atoms with Crippen molar-refractivity contribution in [3.63, 3.8) is 0 Å². The number of hydrogen-bond donors (Lipinski definition) is 0. The van der Waals surface area contributed by atoms with Crippen molar-refractivity contribution in [2.24, 2.45) is 0 Å². The molecule has 0 saturated carbocycles. The van der Waals surface area contributed by atoms with Crippen LogP contribution in [0, 0.1) is 0 Å². The largest absolute Gasteiger partial charge is 0.412 e. The van der Waals surface area contributed by atoms with Crippen LogP contribution in [0.1, 0.15) is 56.6 Å². The summed E-state index contributed by atoms with van der Waals surface area (Å²) in [4.78, 5) is 7.77. The standard InChI is InChI=1S/C27H29F3N4S.C2H6/c1-35-24-14-21(13-23(15-24)27(28,29)30)25-17-32-34-18-22(16-31-26(25)34)20-7-5-19(6-8-20)9-12-33-10-3-2-4-11-33;1-2/h5-8,14-18,21H,2-4,9-13H2,1H3;1-2H3. The number of halogens is 3. The average Bonchev–Trinajstić information content (AvgIpc) is 3.36. The molecule has 1 saturated heterocycles. The van der Waals surface area contributed by atoms with Gasteiger partial charge in [-0.1, -0.05) is 50.6 Å². The number of piperidine rings is 1. The lowest BCUT2D eigenvalue weighted by molar-refractivity contribution is -0.0944. The average molecular weight is 529 g/mol. The maximum absolute atomic E-state index is 13.4. The van der Waals surface area contributed by atoms with Crippen LogP contribution in [0.25, 0.3) is 16.8 Å². The Labute approximate surface area is 221 Å². The molecule has 0 amide bonds. The molecular formula is C29H35F3N4S. The molecule has 3 heterocycles. The molecule has 4 nitrogen and oxygen atoms in total. The Kier molecular flexibility index (Phi) is 9.13. The Hall–Kier alpha value is -2.58. The fourth-order valence-corrected chi connectivity index (χ4v) is 5.50. The maximum atomic E-state index is 13.4. The quantitative estimate of drug-likeness (QED) is 0.329. The third-order valence-corrected chi connectivity index (χ3v) is 7.68. The van der Waals surface area contributed by atoms with Gasteiger partial charge in [0.15, 0.2) is 5.65 Å². The van der Waals surface area contributed by atoms with Crippen molar-refractivity contribution in [2.75, 3.05) is 25.9 Å². The third kappa shape index (κ3) is 6.65. The molecule has 1 aliphatic carbocycles. The molecule has 0 bridgehead atoms. The van der Waals surface area contributed by atoms with Gasteiger partial charge in [-0.3, -0.25) is 0 Å². The van der Waals surface area contributed by atoms with Crippen LogP contribution in [0.15, 0.2) is 65.5 Å². The number of alkyl halides is 3. The molecular weight excluding hydrogens is 493 g/mol. The first-order valence-electron chi connectivity index (χ1n) is 13.1. The lowest BCUT2D eigenvalue weighted by Crippen LogP contribution is -2.31. The van der Waals surface area contributed by atoms with Crippen LogP contribution >= 0.6 is 11.8 Å². The smallest absolute Gasteiger partial charge is 0.303 e. The number of fused-ring (bicyclic) bond motifs is 1. The number of likely N-dealkylation sites (tertiary alicyclic amines) is 1. The first-order valence-corrected chi connectivity index (χ1v) is 14.3. The second-order valence-electron chi connectivity index (χ2n) is 9.31. The maximum Gasteiger partial charge on any atom is 0.412 e. The second-order valence-corrected chi connectivity index (χ2v) is 10.2. The molecule has 2 aromatic heterocycles. The lowest BCUT2D eigenvalue weighted by atomic mass is 9.89. The zero-order chi connectivity index (χ0) is 26.4. The summed E-state index contributed by atoms with van der Waals surface area (Å²) in [5, 5.41) is 4.43. The van der Waals surface area contributed by atoms with Crippen molar-refractivity contribution in [1.82, 2.24) is 19.5 Å². The minimum Gasteiger partial charge on any atom is -0.303 e. The van der Waals surface area contributed by atoms with Crippen LogP contribution < -0.4 is 0 Å². The Morgan fingerprint density at radius 3 is 2.41 bits per heavy atom. The number of thioether (sulfide) groups is 1. The second kappa shape index (κ2) is 12.3. The van der Waals surface area contributed by atoms with E-state index in [1.165, 1.54) is 55.8 Å². The summed E-state index contributed by atoms with van der Waals surface area (Å²) >= 11 is 1.32. The molecule has 3 aromatic rings. The minimum absolute atomic E-state index is 0.1000. The normalized spacial score (nSPS) is 18.7. The van der Waals surface area contributed by atoms with E-state index >= 15 is 0 Å².